The van der Waals surface area contributed by atoms with Gasteiger partial charge in [-0.1, -0.05) is 5.16 Å². The minimum absolute atomic E-state index is 0.0623. The third-order valence-corrected chi connectivity index (χ3v) is 3.17. The predicted octanol–water partition coefficient (Wildman–Crippen LogP) is 1.85. The van der Waals surface area contributed by atoms with Crippen LogP contribution in [0, 0.1) is 0 Å². The standard InChI is InChI=1S/C15H14N4O4/c1-21-11-5-4-9(7-17-11)13-12(14(16)23-19-13)15(20)18-8-10-3-2-6-22-10/h2-7H,8,16H2,1H3,(H,18,20). The van der Waals surface area contributed by atoms with Gasteiger partial charge in [0.1, 0.15) is 17.0 Å². The van der Waals surface area contributed by atoms with Crippen LogP contribution >= 0.6 is 0 Å². The van der Waals surface area contributed by atoms with Crippen molar-refractivity contribution in [2.24, 2.45) is 0 Å². The van der Waals surface area contributed by atoms with Crippen molar-refractivity contribution in [3.05, 3.63) is 48.0 Å². The number of carbonyl (C=O) groups excluding carboxylic acids is 1. The van der Waals surface area contributed by atoms with E-state index < -0.39 is 5.91 Å². The Balaban J connectivity index is 1.84. The molecule has 8 nitrogen and oxygen atoms in total. The smallest absolute Gasteiger partial charge is 0.259 e. The normalized spacial score (nSPS) is 10.5. The van der Waals surface area contributed by atoms with Crippen LogP contribution < -0.4 is 15.8 Å². The van der Waals surface area contributed by atoms with Gasteiger partial charge in [-0.05, 0) is 18.2 Å². The highest BCUT2D eigenvalue weighted by Crippen LogP contribution is 2.27. The van der Waals surface area contributed by atoms with E-state index in [1.54, 1.807) is 24.3 Å². The van der Waals surface area contributed by atoms with Gasteiger partial charge in [0.2, 0.25) is 11.8 Å². The molecule has 0 fully saturated rings. The third kappa shape index (κ3) is 3.00. The molecule has 0 saturated carbocycles. The fourth-order valence-corrected chi connectivity index (χ4v) is 2.03. The average molecular weight is 314 g/mol. The molecule has 8 heteroatoms. The van der Waals surface area contributed by atoms with Crippen LogP contribution in [-0.4, -0.2) is 23.2 Å². The Labute approximate surface area is 131 Å². The van der Waals surface area contributed by atoms with Gasteiger partial charge in [0.15, 0.2) is 0 Å². The lowest BCUT2D eigenvalue weighted by Gasteiger charge is -2.04. The Morgan fingerprint density at radius 2 is 2.26 bits per heavy atom. The molecule has 0 radical (unpaired) electrons. The Bertz CT molecular complexity index is 794. The van der Waals surface area contributed by atoms with Crippen molar-refractivity contribution in [1.29, 1.82) is 0 Å². The molecule has 0 unspecified atom stereocenters. The molecule has 3 heterocycles. The van der Waals surface area contributed by atoms with Crippen molar-refractivity contribution in [3.8, 4) is 17.1 Å². The highest BCUT2D eigenvalue weighted by Gasteiger charge is 2.22. The summed E-state index contributed by atoms with van der Waals surface area (Å²) in [6.07, 6.45) is 3.06. The van der Waals surface area contributed by atoms with E-state index in [1.807, 2.05) is 0 Å². The molecule has 118 valence electrons. The zero-order chi connectivity index (χ0) is 16.2. The van der Waals surface area contributed by atoms with Gasteiger partial charge < -0.3 is 24.7 Å². The van der Waals surface area contributed by atoms with Crippen LogP contribution in [-0.2, 0) is 6.54 Å². The summed E-state index contributed by atoms with van der Waals surface area (Å²) in [5.41, 5.74) is 6.79. The van der Waals surface area contributed by atoms with E-state index in [4.69, 9.17) is 19.4 Å². The minimum atomic E-state index is -0.411. The summed E-state index contributed by atoms with van der Waals surface area (Å²) in [4.78, 5) is 16.4. The molecule has 23 heavy (non-hydrogen) atoms. The number of carbonyl (C=O) groups is 1. The van der Waals surface area contributed by atoms with Crippen LogP contribution in [0.3, 0.4) is 0 Å². The van der Waals surface area contributed by atoms with Crippen LogP contribution in [0.1, 0.15) is 16.1 Å². The first-order valence-electron chi connectivity index (χ1n) is 6.75. The van der Waals surface area contributed by atoms with Gasteiger partial charge in [-0.2, -0.15) is 0 Å². The second kappa shape index (κ2) is 6.22. The zero-order valence-electron chi connectivity index (χ0n) is 12.3. The first-order valence-corrected chi connectivity index (χ1v) is 6.75. The number of nitrogens with zero attached hydrogens (tertiary/aromatic N) is 2. The third-order valence-electron chi connectivity index (χ3n) is 3.17. The molecule has 0 saturated heterocycles. The van der Waals surface area contributed by atoms with Gasteiger partial charge in [0.05, 0.1) is 19.9 Å². The van der Waals surface area contributed by atoms with E-state index in [0.29, 0.717) is 22.9 Å². The first kappa shape index (κ1) is 14.6. The summed E-state index contributed by atoms with van der Waals surface area (Å²) in [7, 11) is 1.52. The van der Waals surface area contributed by atoms with Crippen molar-refractivity contribution in [3.63, 3.8) is 0 Å². The fraction of sp³-hybridized carbons (Fsp3) is 0.133. The largest absolute Gasteiger partial charge is 0.481 e. The number of rotatable bonds is 5. The van der Waals surface area contributed by atoms with Crippen LogP contribution in [0.5, 0.6) is 5.88 Å². The molecule has 3 aromatic rings. The van der Waals surface area contributed by atoms with Gasteiger partial charge in [-0.15, -0.1) is 0 Å². The van der Waals surface area contributed by atoms with E-state index >= 15 is 0 Å². The number of methoxy groups -OCH3 is 1. The monoisotopic (exact) mass is 314 g/mol. The van der Waals surface area contributed by atoms with E-state index in [2.05, 4.69) is 15.5 Å². The molecular weight excluding hydrogens is 300 g/mol. The number of hydrogen-bond acceptors (Lipinski definition) is 7. The molecule has 0 aliphatic rings. The second-order valence-corrected chi connectivity index (χ2v) is 4.62. The van der Waals surface area contributed by atoms with Gasteiger partial charge >= 0.3 is 0 Å². The highest BCUT2D eigenvalue weighted by atomic mass is 16.5. The summed E-state index contributed by atoms with van der Waals surface area (Å²) in [5, 5.41) is 6.55. The molecule has 0 atom stereocenters. The Kier molecular flexibility index (Phi) is 3.96. The molecule has 3 rings (SSSR count). The van der Waals surface area contributed by atoms with Crippen LogP contribution in [0.4, 0.5) is 5.88 Å². The number of nitrogens with one attached hydrogen (secondary N) is 1. The number of ether oxygens (including phenoxy) is 1. The maximum atomic E-state index is 12.4. The van der Waals surface area contributed by atoms with Gasteiger partial charge in [-0.3, -0.25) is 4.79 Å². The second-order valence-electron chi connectivity index (χ2n) is 4.62. The average Bonchev–Trinajstić information content (AvgIpc) is 3.22. The number of amides is 1. The molecule has 0 spiro atoms. The lowest BCUT2D eigenvalue weighted by atomic mass is 10.1. The quantitative estimate of drug-likeness (QED) is 0.738. The Morgan fingerprint density at radius 3 is 2.91 bits per heavy atom. The summed E-state index contributed by atoms with van der Waals surface area (Å²) in [6, 6.07) is 6.87. The van der Waals surface area contributed by atoms with Crippen LogP contribution in [0.25, 0.3) is 11.3 Å². The Hall–Kier alpha value is -3.29. The summed E-state index contributed by atoms with van der Waals surface area (Å²) in [6.45, 7) is 0.233. The molecular formula is C15H14N4O4. The maximum Gasteiger partial charge on any atom is 0.259 e. The van der Waals surface area contributed by atoms with E-state index in [9.17, 15) is 4.79 Å². The topological polar surface area (TPSA) is 116 Å². The van der Waals surface area contributed by atoms with Crippen molar-refractivity contribution >= 4 is 11.8 Å². The van der Waals surface area contributed by atoms with Crippen molar-refractivity contribution in [2.75, 3.05) is 12.8 Å². The highest BCUT2D eigenvalue weighted by molar-refractivity contribution is 6.03. The van der Waals surface area contributed by atoms with Crippen LogP contribution in [0.15, 0.2) is 45.7 Å². The number of hydrogen-bond donors (Lipinski definition) is 2. The molecule has 3 aromatic heterocycles. The van der Waals surface area contributed by atoms with Crippen molar-refractivity contribution in [1.82, 2.24) is 15.5 Å². The van der Waals surface area contributed by atoms with E-state index in [0.717, 1.165) is 0 Å². The summed E-state index contributed by atoms with van der Waals surface area (Å²) in [5.74, 6) is 0.605. The summed E-state index contributed by atoms with van der Waals surface area (Å²) >= 11 is 0. The zero-order valence-corrected chi connectivity index (χ0v) is 12.3. The lowest BCUT2D eigenvalue weighted by molar-refractivity contribution is 0.0949. The van der Waals surface area contributed by atoms with E-state index in [1.165, 1.54) is 19.6 Å². The molecule has 3 N–H and O–H groups in total. The molecule has 0 aliphatic heterocycles. The molecule has 0 aliphatic carbocycles. The van der Waals surface area contributed by atoms with Gasteiger partial charge in [0.25, 0.3) is 5.91 Å². The SMILES string of the molecule is COc1ccc(-c2noc(N)c2C(=O)NCc2ccco2)cn1. The predicted molar refractivity (Wildman–Crippen MR) is 80.6 cm³/mol. The van der Waals surface area contributed by atoms with Crippen LogP contribution in [0.2, 0.25) is 0 Å². The maximum absolute atomic E-state index is 12.4. The molecule has 1 amide bonds. The van der Waals surface area contributed by atoms with Gasteiger partial charge in [-0.25, -0.2) is 4.98 Å². The summed E-state index contributed by atoms with van der Waals surface area (Å²) < 4.78 is 15.1. The minimum Gasteiger partial charge on any atom is -0.481 e. The van der Waals surface area contributed by atoms with Crippen molar-refractivity contribution in [2.45, 2.75) is 6.54 Å². The molecule has 0 bridgehead atoms. The number of furan rings is 1. The lowest BCUT2D eigenvalue weighted by Crippen LogP contribution is -2.23. The Morgan fingerprint density at radius 1 is 1.39 bits per heavy atom. The number of anilines is 1. The molecule has 0 aromatic carbocycles. The first-order chi connectivity index (χ1) is 11.2. The number of nitrogens with two attached hydrogens (primary N) is 1. The van der Waals surface area contributed by atoms with Gasteiger partial charge in [0, 0.05) is 17.8 Å². The van der Waals surface area contributed by atoms with E-state index in [-0.39, 0.29) is 18.0 Å². The number of aromatic nitrogens is 2. The van der Waals surface area contributed by atoms with Crippen molar-refractivity contribution < 1.29 is 18.5 Å². The number of nitrogen functional groups attached to an aromatic ring is 1. The number of pyridine rings is 1. The fourth-order valence-electron chi connectivity index (χ4n) is 2.03.